The molecule has 17 heavy (non-hydrogen) atoms. The quantitative estimate of drug-likeness (QED) is 0.488. The fourth-order valence-corrected chi connectivity index (χ4v) is 2.16. The van der Waals surface area contributed by atoms with Crippen LogP contribution in [0.25, 0.3) is 0 Å². The van der Waals surface area contributed by atoms with Crippen LogP contribution < -0.4 is 17.3 Å². The topological polar surface area (TPSA) is 4.44 Å². The SMILES string of the molecule is CCCCCCCCCC[NH+](C)CCCC.[Cl-]. The molecule has 0 saturated heterocycles. The van der Waals surface area contributed by atoms with Crippen LogP contribution in [0.1, 0.15) is 78.1 Å². The zero-order valence-corrected chi connectivity index (χ0v) is 13.1. The first kappa shape index (κ1) is 19.6. The molecule has 1 nitrogen and oxygen atoms in total. The summed E-state index contributed by atoms with van der Waals surface area (Å²) in [5.74, 6) is 0. The van der Waals surface area contributed by atoms with E-state index in [2.05, 4.69) is 20.9 Å². The largest absolute Gasteiger partial charge is 1.00 e. The number of hydrogen-bond acceptors (Lipinski definition) is 0. The molecule has 1 atom stereocenters. The summed E-state index contributed by atoms with van der Waals surface area (Å²) in [7, 11) is 2.34. The van der Waals surface area contributed by atoms with Crippen molar-refractivity contribution in [1.29, 1.82) is 0 Å². The highest BCUT2D eigenvalue weighted by Gasteiger charge is 1.99. The predicted octanol–water partition coefficient (Wildman–Crippen LogP) is 0.446. The molecule has 1 unspecified atom stereocenters. The fraction of sp³-hybridized carbons (Fsp3) is 1.00. The molecule has 0 aromatic carbocycles. The van der Waals surface area contributed by atoms with Gasteiger partial charge in [0.2, 0.25) is 0 Å². The van der Waals surface area contributed by atoms with Gasteiger partial charge in [-0.15, -0.1) is 0 Å². The number of rotatable bonds is 12. The van der Waals surface area contributed by atoms with Crippen LogP contribution >= 0.6 is 0 Å². The van der Waals surface area contributed by atoms with E-state index in [4.69, 9.17) is 0 Å². The number of hydrogen-bond donors (Lipinski definition) is 1. The van der Waals surface area contributed by atoms with Crippen LogP contribution in [-0.4, -0.2) is 20.1 Å². The summed E-state index contributed by atoms with van der Waals surface area (Å²) in [5.41, 5.74) is 0. The molecular formula is C15H34ClN. The van der Waals surface area contributed by atoms with E-state index in [0.29, 0.717) is 0 Å². The van der Waals surface area contributed by atoms with E-state index >= 15 is 0 Å². The Kier molecular flexibility index (Phi) is 18.7. The van der Waals surface area contributed by atoms with E-state index in [1.807, 2.05) is 0 Å². The van der Waals surface area contributed by atoms with E-state index in [-0.39, 0.29) is 12.4 Å². The van der Waals surface area contributed by atoms with Gasteiger partial charge < -0.3 is 17.3 Å². The smallest absolute Gasteiger partial charge is 0.0768 e. The Morgan fingerprint density at radius 2 is 1.00 bits per heavy atom. The molecule has 0 spiro atoms. The van der Waals surface area contributed by atoms with Crippen molar-refractivity contribution in [1.82, 2.24) is 0 Å². The van der Waals surface area contributed by atoms with Crippen LogP contribution in [0, 0.1) is 0 Å². The molecular weight excluding hydrogens is 230 g/mol. The molecule has 0 aliphatic rings. The molecule has 0 bridgehead atoms. The molecule has 0 aliphatic carbocycles. The van der Waals surface area contributed by atoms with Gasteiger partial charge in [0, 0.05) is 0 Å². The summed E-state index contributed by atoms with van der Waals surface area (Å²) in [5, 5.41) is 0. The van der Waals surface area contributed by atoms with E-state index in [1.54, 1.807) is 4.90 Å². The molecule has 1 N–H and O–H groups in total. The van der Waals surface area contributed by atoms with Crippen molar-refractivity contribution in [2.75, 3.05) is 20.1 Å². The molecule has 0 saturated carbocycles. The highest BCUT2D eigenvalue weighted by atomic mass is 35.5. The minimum atomic E-state index is 0. The molecule has 0 fully saturated rings. The van der Waals surface area contributed by atoms with E-state index < -0.39 is 0 Å². The van der Waals surface area contributed by atoms with Crippen molar-refractivity contribution in [3.05, 3.63) is 0 Å². The summed E-state index contributed by atoms with van der Waals surface area (Å²) in [6, 6.07) is 0. The number of unbranched alkanes of at least 4 members (excludes halogenated alkanes) is 8. The van der Waals surface area contributed by atoms with Gasteiger partial charge >= 0.3 is 0 Å². The van der Waals surface area contributed by atoms with Crippen molar-refractivity contribution in [2.24, 2.45) is 0 Å². The lowest BCUT2D eigenvalue weighted by Gasteiger charge is -2.12. The molecule has 0 aliphatic heterocycles. The second-order valence-electron chi connectivity index (χ2n) is 5.29. The van der Waals surface area contributed by atoms with Gasteiger partial charge in [-0.3, -0.25) is 0 Å². The van der Waals surface area contributed by atoms with Crippen LogP contribution in [0.15, 0.2) is 0 Å². The standard InChI is InChI=1S/C15H33N.ClH/c1-4-6-8-9-10-11-12-13-15-16(3)14-7-5-2;/h4-15H2,1-3H3;1H. The van der Waals surface area contributed by atoms with Gasteiger partial charge in [0.05, 0.1) is 20.1 Å². The van der Waals surface area contributed by atoms with E-state index in [9.17, 15) is 0 Å². The summed E-state index contributed by atoms with van der Waals surface area (Å²) in [6.07, 6.45) is 14.3. The van der Waals surface area contributed by atoms with Crippen molar-refractivity contribution in [3.8, 4) is 0 Å². The maximum Gasteiger partial charge on any atom is 0.0768 e. The average molecular weight is 264 g/mol. The van der Waals surface area contributed by atoms with E-state index in [0.717, 1.165) is 0 Å². The van der Waals surface area contributed by atoms with Gasteiger partial charge in [0.15, 0.2) is 0 Å². The highest BCUT2D eigenvalue weighted by molar-refractivity contribution is 4.45. The van der Waals surface area contributed by atoms with Crippen LogP contribution in [0.3, 0.4) is 0 Å². The Morgan fingerprint density at radius 3 is 1.53 bits per heavy atom. The van der Waals surface area contributed by atoms with E-state index in [1.165, 1.54) is 77.3 Å². The zero-order valence-electron chi connectivity index (χ0n) is 12.4. The number of halogens is 1. The van der Waals surface area contributed by atoms with Gasteiger partial charge in [0.25, 0.3) is 0 Å². The van der Waals surface area contributed by atoms with Crippen LogP contribution in [0.5, 0.6) is 0 Å². The number of quaternary nitrogens is 1. The van der Waals surface area contributed by atoms with Crippen LogP contribution in [0.2, 0.25) is 0 Å². The predicted molar refractivity (Wildman–Crippen MR) is 74.1 cm³/mol. The average Bonchev–Trinajstić information content (AvgIpc) is 2.30. The van der Waals surface area contributed by atoms with Crippen LogP contribution in [0.4, 0.5) is 0 Å². The summed E-state index contributed by atoms with van der Waals surface area (Å²) >= 11 is 0. The Morgan fingerprint density at radius 1 is 0.588 bits per heavy atom. The Bertz CT molecular complexity index is 128. The Hall–Kier alpha value is 0.250. The first-order chi connectivity index (χ1) is 7.81. The molecule has 0 aromatic rings. The Labute approximate surface area is 116 Å². The maximum absolute atomic E-state index is 2.34. The maximum atomic E-state index is 2.34. The molecule has 0 aromatic heterocycles. The monoisotopic (exact) mass is 263 g/mol. The normalized spacial score (nSPS) is 12.2. The molecule has 0 heterocycles. The lowest BCUT2D eigenvalue weighted by Crippen LogP contribution is -3.09. The molecule has 0 rings (SSSR count). The number of nitrogens with one attached hydrogen (secondary N) is 1. The van der Waals surface area contributed by atoms with Gasteiger partial charge in [-0.25, -0.2) is 0 Å². The zero-order chi connectivity index (χ0) is 12.1. The highest BCUT2D eigenvalue weighted by Crippen LogP contribution is 2.07. The minimum Gasteiger partial charge on any atom is -1.00 e. The molecule has 0 amide bonds. The van der Waals surface area contributed by atoms with Crippen LogP contribution in [-0.2, 0) is 0 Å². The van der Waals surface area contributed by atoms with Crippen molar-refractivity contribution in [3.63, 3.8) is 0 Å². The third kappa shape index (κ3) is 16.2. The summed E-state index contributed by atoms with van der Waals surface area (Å²) < 4.78 is 0. The molecule has 0 radical (unpaired) electrons. The van der Waals surface area contributed by atoms with Crippen molar-refractivity contribution < 1.29 is 17.3 Å². The lowest BCUT2D eigenvalue weighted by molar-refractivity contribution is -0.880. The molecule has 106 valence electrons. The first-order valence-electron chi connectivity index (χ1n) is 7.62. The van der Waals surface area contributed by atoms with Crippen molar-refractivity contribution in [2.45, 2.75) is 78.1 Å². The minimum absolute atomic E-state index is 0. The second kappa shape index (κ2) is 16.2. The third-order valence-corrected chi connectivity index (χ3v) is 3.41. The lowest BCUT2D eigenvalue weighted by atomic mass is 10.1. The van der Waals surface area contributed by atoms with Crippen molar-refractivity contribution >= 4 is 0 Å². The first-order valence-corrected chi connectivity index (χ1v) is 7.62. The summed E-state index contributed by atoms with van der Waals surface area (Å²) in [6.45, 7) is 7.32. The van der Waals surface area contributed by atoms with Gasteiger partial charge in [0.1, 0.15) is 0 Å². The fourth-order valence-electron chi connectivity index (χ4n) is 2.16. The second-order valence-corrected chi connectivity index (χ2v) is 5.29. The Balaban J connectivity index is 0. The van der Waals surface area contributed by atoms with Gasteiger partial charge in [-0.2, -0.15) is 0 Å². The van der Waals surface area contributed by atoms with Gasteiger partial charge in [-0.1, -0.05) is 58.8 Å². The van der Waals surface area contributed by atoms with Gasteiger partial charge in [-0.05, 0) is 19.3 Å². The summed E-state index contributed by atoms with van der Waals surface area (Å²) in [4.78, 5) is 1.73. The molecule has 2 heteroatoms. The third-order valence-electron chi connectivity index (χ3n) is 3.41.